The first kappa shape index (κ1) is 12.8. The Morgan fingerprint density at radius 3 is 2.65 bits per heavy atom. The molecule has 0 atom stereocenters. The van der Waals surface area contributed by atoms with E-state index in [1.807, 2.05) is 0 Å². The molecule has 1 heterocycles. The molecule has 3 rings (SSSR count). The van der Waals surface area contributed by atoms with Crippen LogP contribution in [-0.2, 0) is 0 Å². The van der Waals surface area contributed by atoms with E-state index in [1.165, 1.54) is 6.07 Å². The van der Waals surface area contributed by atoms with Gasteiger partial charge in [0.2, 0.25) is 5.78 Å². The van der Waals surface area contributed by atoms with E-state index in [4.69, 9.17) is 16.0 Å². The van der Waals surface area contributed by atoms with Gasteiger partial charge in [0.15, 0.2) is 11.3 Å². The Morgan fingerprint density at radius 1 is 1.10 bits per heavy atom. The fourth-order valence-electron chi connectivity index (χ4n) is 1.94. The van der Waals surface area contributed by atoms with Crippen LogP contribution in [0.25, 0.3) is 11.0 Å². The van der Waals surface area contributed by atoms with E-state index in [0.717, 1.165) is 18.2 Å². The van der Waals surface area contributed by atoms with Crippen LogP contribution in [0.3, 0.4) is 0 Å². The first-order valence-corrected chi connectivity index (χ1v) is 6.12. The van der Waals surface area contributed by atoms with Crippen LogP contribution in [0.2, 0.25) is 5.02 Å². The maximum absolute atomic E-state index is 13.6. The highest BCUT2D eigenvalue weighted by Gasteiger charge is 2.19. The lowest BCUT2D eigenvalue weighted by Gasteiger charge is -1.99. The summed E-state index contributed by atoms with van der Waals surface area (Å²) < 4.78 is 32.0. The third-order valence-electron chi connectivity index (χ3n) is 2.89. The van der Waals surface area contributed by atoms with E-state index in [2.05, 4.69) is 0 Å². The maximum Gasteiger partial charge on any atom is 0.231 e. The van der Waals surface area contributed by atoms with Crippen LogP contribution in [0.1, 0.15) is 16.1 Å². The molecule has 0 unspecified atom stereocenters. The molecule has 2 nitrogen and oxygen atoms in total. The molecule has 100 valence electrons. The zero-order valence-corrected chi connectivity index (χ0v) is 10.7. The van der Waals surface area contributed by atoms with Gasteiger partial charge in [-0.2, -0.15) is 0 Å². The molecule has 0 bridgehead atoms. The van der Waals surface area contributed by atoms with Gasteiger partial charge in [0.05, 0.1) is 10.6 Å². The van der Waals surface area contributed by atoms with Crippen LogP contribution in [0.15, 0.2) is 46.9 Å². The summed E-state index contributed by atoms with van der Waals surface area (Å²) in [4.78, 5) is 12.2. The second kappa shape index (κ2) is 4.72. The third kappa shape index (κ3) is 2.08. The number of rotatable bonds is 2. The van der Waals surface area contributed by atoms with Gasteiger partial charge in [-0.15, -0.1) is 0 Å². The summed E-state index contributed by atoms with van der Waals surface area (Å²) in [5, 5.41) is 0.971. The first-order valence-electron chi connectivity index (χ1n) is 5.74. The largest absolute Gasteiger partial charge is 0.451 e. The van der Waals surface area contributed by atoms with E-state index in [9.17, 15) is 13.6 Å². The van der Waals surface area contributed by atoms with Crippen molar-refractivity contribution in [2.75, 3.05) is 0 Å². The summed E-state index contributed by atoms with van der Waals surface area (Å²) in [6.45, 7) is 0. The van der Waals surface area contributed by atoms with Gasteiger partial charge in [-0.25, -0.2) is 8.78 Å². The number of ketones is 1. The van der Waals surface area contributed by atoms with Gasteiger partial charge in [-0.1, -0.05) is 23.7 Å². The molecule has 0 fully saturated rings. The second-order valence-electron chi connectivity index (χ2n) is 4.22. The molecule has 0 aliphatic heterocycles. The van der Waals surface area contributed by atoms with Crippen molar-refractivity contribution in [3.8, 4) is 0 Å². The lowest BCUT2D eigenvalue weighted by molar-refractivity contribution is 0.101. The summed E-state index contributed by atoms with van der Waals surface area (Å²) >= 11 is 5.94. The van der Waals surface area contributed by atoms with Crippen LogP contribution in [0.5, 0.6) is 0 Å². The molecule has 0 aliphatic carbocycles. The number of halogens is 3. The van der Waals surface area contributed by atoms with Crippen LogP contribution < -0.4 is 0 Å². The number of benzene rings is 2. The average molecular weight is 293 g/mol. The molecule has 0 amide bonds. The van der Waals surface area contributed by atoms with Crippen LogP contribution in [-0.4, -0.2) is 5.78 Å². The second-order valence-corrected chi connectivity index (χ2v) is 4.63. The Balaban J connectivity index is 2.13. The third-order valence-corrected chi connectivity index (χ3v) is 3.19. The number of carbonyl (C=O) groups excluding carboxylic acids is 1. The molecule has 0 N–H and O–H groups in total. The minimum absolute atomic E-state index is 0.0856. The molecule has 2 aromatic carbocycles. The molecule has 0 aliphatic rings. The summed E-state index contributed by atoms with van der Waals surface area (Å²) in [7, 11) is 0. The van der Waals surface area contributed by atoms with Crippen molar-refractivity contribution in [1.29, 1.82) is 0 Å². The Labute approximate surface area is 117 Å². The van der Waals surface area contributed by atoms with Crippen molar-refractivity contribution in [2.24, 2.45) is 0 Å². The molecule has 5 heteroatoms. The van der Waals surface area contributed by atoms with Crippen molar-refractivity contribution < 1.29 is 18.0 Å². The number of furan rings is 1. The fraction of sp³-hybridized carbons (Fsp3) is 0. The van der Waals surface area contributed by atoms with Crippen LogP contribution >= 0.6 is 11.6 Å². The minimum atomic E-state index is -0.803. The zero-order valence-electron chi connectivity index (χ0n) is 9.99. The Hall–Kier alpha value is -2.20. The monoisotopic (exact) mass is 292 g/mol. The standard InChI is InChI=1S/C15H7ClF2O2/c16-11-3-1-2-8-6-13(20-15(8)11)14(19)10-7-9(17)4-5-12(10)18/h1-7H. The lowest BCUT2D eigenvalue weighted by Crippen LogP contribution is -2.03. The fourth-order valence-corrected chi connectivity index (χ4v) is 2.16. The molecule has 0 saturated heterocycles. The Kier molecular flexibility index (Phi) is 3.03. The van der Waals surface area contributed by atoms with Crippen molar-refractivity contribution in [2.45, 2.75) is 0 Å². The van der Waals surface area contributed by atoms with Gasteiger partial charge in [0, 0.05) is 5.39 Å². The molecular formula is C15H7ClF2O2. The van der Waals surface area contributed by atoms with Gasteiger partial charge < -0.3 is 4.42 Å². The van der Waals surface area contributed by atoms with Gasteiger partial charge in [0.1, 0.15) is 11.6 Å². The Bertz CT molecular complexity index is 824. The highest BCUT2D eigenvalue weighted by atomic mass is 35.5. The summed E-state index contributed by atoms with van der Waals surface area (Å²) in [5.74, 6) is -2.31. The van der Waals surface area contributed by atoms with Crippen LogP contribution in [0.4, 0.5) is 8.78 Å². The molecule has 0 saturated carbocycles. The summed E-state index contributed by atoms with van der Waals surface area (Å²) in [6.07, 6.45) is 0. The first-order chi connectivity index (χ1) is 9.56. The topological polar surface area (TPSA) is 30.2 Å². The van der Waals surface area contributed by atoms with Crippen molar-refractivity contribution in [1.82, 2.24) is 0 Å². The summed E-state index contributed by atoms with van der Waals surface area (Å²) in [5.41, 5.74) is -0.0329. The quantitative estimate of drug-likeness (QED) is 0.646. The van der Waals surface area contributed by atoms with E-state index in [1.54, 1.807) is 18.2 Å². The number of fused-ring (bicyclic) bond motifs is 1. The molecule has 0 spiro atoms. The highest BCUT2D eigenvalue weighted by Crippen LogP contribution is 2.28. The van der Waals surface area contributed by atoms with Gasteiger partial charge in [-0.05, 0) is 30.3 Å². The van der Waals surface area contributed by atoms with E-state index in [-0.39, 0.29) is 11.3 Å². The van der Waals surface area contributed by atoms with E-state index < -0.39 is 17.4 Å². The average Bonchev–Trinajstić information content (AvgIpc) is 2.86. The van der Waals surface area contributed by atoms with Gasteiger partial charge in [0.25, 0.3) is 0 Å². The van der Waals surface area contributed by atoms with E-state index >= 15 is 0 Å². The molecule has 1 aromatic heterocycles. The van der Waals surface area contributed by atoms with Gasteiger partial charge >= 0.3 is 0 Å². The predicted octanol–water partition coefficient (Wildman–Crippen LogP) is 4.60. The van der Waals surface area contributed by atoms with Crippen molar-refractivity contribution in [3.05, 3.63) is 70.4 Å². The molecular weight excluding hydrogens is 286 g/mol. The molecule has 0 radical (unpaired) electrons. The number of hydrogen-bond acceptors (Lipinski definition) is 2. The molecule has 3 aromatic rings. The minimum Gasteiger partial charge on any atom is -0.451 e. The molecule has 20 heavy (non-hydrogen) atoms. The van der Waals surface area contributed by atoms with Crippen molar-refractivity contribution in [3.63, 3.8) is 0 Å². The smallest absolute Gasteiger partial charge is 0.231 e. The number of para-hydroxylation sites is 1. The predicted molar refractivity (Wildman–Crippen MR) is 71.0 cm³/mol. The highest BCUT2D eigenvalue weighted by molar-refractivity contribution is 6.35. The SMILES string of the molecule is O=C(c1cc2cccc(Cl)c2o1)c1cc(F)ccc1F. The van der Waals surface area contributed by atoms with Gasteiger partial charge in [-0.3, -0.25) is 4.79 Å². The van der Waals surface area contributed by atoms with Crippen molar-refractivity contribution >= 4 is 28.4 Å². The number of hydrogen-bond donors (Lipinski definition) is 0. The normalized spacial score (nSPS) is 10.9. The maximum atomic E-state index is 13.6. The number of carbonyl (C=O) groups is 1. The zero-order chi connectivity index (χ0) is 14.3. The lowest BCUT2D eigenvalue weighted by atomic mass is 10.1. The summed E-state index contributed by atoms with van der Waals surface area (Å²) in [6, 6.07) is 9.17. The van der Waals surface area contributed by atoms with E-state index in [0.29, 0.717) is 16.0 Å². The van der Waals surface area contributed by atoms with Crippen LogP contribution in [0, 0.1) is 11.6 Å². The Morgan fingerprint density at radius 2 is 1.90 bits per heavy atom.